The first-order valence-electron chi connectivity index (χ1n) is 6.18. The number of nitrogens with zero attached hydrogens (tertiary/aromatic N) is 3. The van der Waals surface area contributed by atoms with Crippen molar-refractivity contribution in [3.8, 4) is 0 Å². The van der Waals surface area contributed by atoms with Crippen LogP contribution in [0.1, 0.15) is 15.2 Å². The molecule has 0 aliphatic heterocycles. The van der Waals surface area contributed by atoms with Gasteiger partial charge in [0.15, 0.2) is 0 Å². The van der Waals surface area contributed by atoms with Crippen molar-refractivity contribution in [1.29, 1.82) is 0 Å². The van der Waals surface area contributed by atoms with Crippen molar-refractivity contribution in [2.24, 2.45) is 0 Å². The standard InChI is InChI=1S/C14H11BrN4OS/c15-12-5-6-21-13(12)14(20)18-11-3-1-10(2-4-11)7-19-9-16-8-17-19/h1-6,8-9H,7H2,(H,18,20). The molecule has 2 heterocycles. The number of amides is 1. The third kappa shape index (κ3) is 3.37. The van der Waals surface area contributed by atoms with Gasteiger partial charge in [0.25, 0.3) is 5.91 Å². The van der Waals surface area contributed by atoms with Gasteiger partial charge in [-0.1, -0.05) is 12.1 Å². The Bertz CT molecular complexity index is 737. The predicted octanol–water partition coefficient (Wildman–Crippen LogP) is 3.40. The van der Waals surface area contributed by atoms with Crippen LogP contribution in [0.5, 0.6) is 0 Å². The third-order valence-corrected chi connectivity index (χ3v) is 4.68. The van der Waals surface area contributed by atoms with Crippen LogP contribution in [-0.4, -0.2) is 20.7 Å². The fraction of sp³-hybridized carbons (Fsp3) is 0.0714. The highest BCUT2D eigenvalue weighted by Crippen LogP contribution is 2.23. The molecule has 3 rings (SSSR count). The maximum atomic E-state index is 12.1. The second-order valence-corrected chi connectivity index (χ2v) is 6.11. The molecule has 1 aromatic carbocycles. The van der Waals surface area contributed by atoms with Crippen LogP contribution in [0.2, 0.25) is 0 Å². The van der Waals surface area contributed by atoms with E-state index in [4.69, 9.17) is 0 Å². The quantitative estimate of drug-likeness (QED) is 0.773. The van der Waals surface area contributed by atoms with Crippen LogP contribution in [0, 0.1) is 0 Å². The van der Waals surface area contributed by atoms with E-state index < -0.39 is 0 Å². The van der Waals surface area contributed by atoms with E-state index in [-0.39, 0.29) is 5.91 Å². The summed E-state index contributed by atoms with van der Waals surface area (Å²) in [6, 6.07) is 9.54. The van der Waals surface area contributed by atoms with Gasteiger partial charge in [-0.05, 0) is 45.1 Å². The van der Waals surface area contributed by atoms with Gasteiger partial charge in [0.1, 0.15) is 17.5 Å². The number of halogens is 1. The van der Waals surface area contributed by atoms with Gasteiger partial charge in [-0.2, -0.15) is 5.10 Å². The van der Waals surface area contributed by atoms with E-state index >= 15 is 0 Å². The molecule has 0 spiro atoms. The number of carbonyl (C=O) groups is 1. The zero-order valence-corrected chi connectivity index (χ0v) is 13.3. The Morgan fingerprint density at radius 3 is 2.71 bits per heavy atom. The lowest BCUT2D eigenvalue weighted by Gasteiger charge is -2.06. The lowest BCUT2D eigenvalue weighted by Crippen LogP contribution is -2.10. The highest BCUT2D eigenvalue weighted by Gasteiger charge is 2.11. The summed E-state index contributed by atoms with van der Waals surface area (Å²) in [5, 5.41) is 8.81. The van der Waals surface area contributed by atoms with Gasteiger partial charge >= 0.3 is 0 Å². The molecule has 106 valence electrons. The van der Waals surface area contributed by atoms with Gasteiger partial charge in [-0.15, -0.1) is 11.3 Å². The molecule has 0 aliphatic rings. The van der Waals surface area contributed by atoms with Crippen LogP contribution < -0.4 is 5.32 Å². The number of benzene rings is 1. The maximum absolute atomic E-state index is 12.1. The highest BCUT2D eigenvalue weighted by atomic mass is 79.9. The minimum absolute atomic E-state index is 0.110. The van der Waals surface area contributed by atoms with Crippen LogP contribution in [0.15, 0.2) is 52.8 Å². The first-order chi connectivity index (χ1) is 10.2. The van der Waals surface area contributed by atoms with Gasteiger partial charge in [0.2, 0.25) is 0 Å². The highest BCUT2D eigenvalue weighted by molar-refractivity contribution is 9.10. The zero-order valence-electron chi connectivity index (χ0n) is 10.9. The van der Waals surface area contributed by atoms with Gasteiger partial charge in [0, 0.05) is 10.2 Å². The van der Waals surface area contributed by atoms with Crippen molar-refractivity contribution in [1.82, 2.24) is 14.8 Å². The molecule has 0 unspecified atom stereocenters. The normalized spacial score (nSPS) is 10.5. The monoisotopic (exact) mass is 362 g/mol. The molecule has 21 heavy (non-hydrogen) atoms. The summed E-state index contributed by atoms with van der Waals surface area (Å²) in [5.74, 6) is -0.110. The zero-order chi connectivity index (χ0) is 14.7. The lowest BCUT2D eigenvalue weighted by molar-refractivity contribution is 0.103. The van der Waals surface area contributed by atoms with Gasteiger partial charge < -0.3 is 5.32 Å². The molecule has 0 radical (unpaired) electrons. The minimum atomic E-state index is -0.110. The Hall–Kier alpha value is -1.99. The van der Waals surface area contributed by atoms with Crippen LogP contribution in [0.4, 0.5) is 5.69 Å². The first-order valence-corrected chi connectivity index (χ1v) is 7.85. The molecule has 0 saturated heterocycles. The summed E-state index contributed by atoms with van der Waals surface area (Å²) in [4.78, 5) is 16.7. The average Bonchev–Trinajstić information content (AvgIpc) is 3.12. The summed E-state index contributed by atoms with van der Waals surface area (Å²) >= 11 is 4.76. The SMILES string of the molecule is O=C(Nc1ccc(Cn2cncn2)cc1)c1sccc1Br. The number of aromatic nitrogens is 3. The topological polar surface area (TPSA) is 59.8 Å². The second-order valence-electron chi connectivity index (χ2n) is 4.34. The second kappa shape index (κ2) is 6.19. The Morgan fingerprint density at radius 2 is 2.10 bits per heavy atom. The van der Waals surface area contributed by atoms with E-state index in [0.29, 0.717) is 11.4 Å². The van der Waals surface area contributed by atoms with Crippen molar-refractivity contribution in [2.75, 3.05) is 5.32 Å². The number of nitrogens with one attached hydrogen (secondary N) is 1. The number of rotatable bonds is 4. The van der Waals surface area contributed by atoms with Gasteiger partial charge in [-0.25, -0.2) is 9.67 Å². The molecule has 0 bridgehead atoms. The van der Waals surface area contributed by atoms with E-state index in [9.17, 15) is 4.79 Å². The van der Waals surface area contributed by atoms with Crippen molar-refractivity contribution >= 4 is 38.9 Å². The number of anilines is 1. The molecule has 7 heteroatoms. The van der Waals surface area contributed by atoms with E-state index in [2.05, 4.69) is 31.3 Å². The fourth-order valence-corrected chi connectivity index (χ4v) is 3.29. The minimum Gasteiger partial charge on any atom is -0.321 e. The van der Waals surface area contributed by atoms with E-state index in [1.54, 1.807) is 11.0 Å². The van der Waals surface area contributed by atoms with Crippen molar-refractivity contribution < 1.29 is 4.79 Å². The Kier molecular flexibility index (Phi) is 4.12. The van der Waals surface area contributed by atoms with Gasteiger partial charge in [0.05, 0.1) is 6.54 Å². The number of thiophene rings is 1. The summed E-state index contributed by atoms with van der Waals surface area (Å²) < 4.78 is 2.56. The maximum Gasteiger partial charge on any atom is 0.266 e. The Labute approximate surface area is 133 Å². The Balaban J connectivity index is 1.67. The molecule has 3 aromatic rings. The molecule has 1 amide bonds. The first kappa shape index (κ1) is 14.0. The summed E-state index contributed by atoms with van der Waals surface area (Å²) in [5.41, 5.74) is 1.86. The van der Waals surface area contributed by atoms with Crippen LogP contribution in [0.25, 0.3) is 0 Å². The third-order valence-electron chi connectivity index (χ3n) is 2.85. The van der Waals surface area contributed by atoms with E-state index in [0.717, 1.165) is 15.7 Å². The molecule has 1 N–H and O–H groups in total. The van der Waals surface area contributed by atoms with E-state index in [1.807, 2.05) is 35.7 Å². The average molecular weight is 363 g/mol. The van der Waals surface area contributed by atoms with E-state index in [1.165, 1.54) is 17.7 Å². The van der Waals surface area contributed by atoms with Crippen LogP contribution in [0.3, 0.4) is 0 Å². The summed E-state index contributed by atoms with van der Waals surface area (Å²) in [6.45, 7) is 0.657. The molecular formula is C14H11BrN4OS. The largest absolute Gasteiger partial charge is 0.321 e. The molecule has 0 aliphatic carbocycles. The lowest BCUT2D eigenvalue weighted by atomic mass is 10.2. The van der Waals surface area contributed by atoms with Crippen molar-refractivity contribution in [3.05, 3.63) is 63.3 Å². The fourth-order valence-electron chi connectivity index (χ4n) is 1.84. The number of carbonyl (C=O) groups excluding carboxylic acids is 1. The molecule has 0 atom stereocenters. The summed E-state index contributed by atoms with van der Waals surface area (Å²) in [6.07, 6.45) is 3.18. The van der Waals surface area contributed by atoms with Crippen molar-refractivity contribution in [3.63, 3.8) is 0 Å². The summed E-state index contributed by atoms with van der Waals surface area (Å²) in [7, 11) is 0. The smallest absolute Gasteiger partial charge is 0.266 e. The number of hydrogen-bond acceptors (Lipinski definition) is 4. The predicted molar refractivity (Wildman–Crippen MR) is 85.5 cm³/mol. The molecule has 0 saturated carbocycles. The van der Waals surface area contributed by atoms with Gasteiger partial charge in [-0.3, -0.25) is 4.79 Å². The Morgan fingerprint density at radius 1 is 1.29 bits per heavy atom. The van der Waals surface area contributed by atoms with Crippen molar-refractivity contribution in [2.45, 2.75) is 6.54 Å². The molecule has 5 nitrogen and oxygen atoms in total. The molecular weight excluding hydrogens is 352 g/mol. The van der Waals surface area contributed by atoms with Crippen LogP contribution in [-0.2, 0) is 6.54 Å². The molecule has 2 aromatic heterocycles. The number of hydrogen-bond donors (Lipinski definition) is 1. The molecule has 0 fully saturated rings. The van der Waals surface area contributed by atoms with Crippen LogP contribution >= 0.6 is 27.3 Å².